The quantitative estimate of drug-likeness (QED) is 0.0119. The highest BCUT2D eigenvalue weighted by molar-refractivity contribution is 7.80. The van der Waals surface area contributed by atoms with Crippen molar-refractivity contribution in [3.63, 3.8) is 0 Å². The topological polar surface area (TPSA) is 565 Å². The summed E-state index contributed by atoms with van der Waals surface area (Å²) >= 11 is 3.87. The molecule has 0 aliphatic rings. The van der Waals surface area contributed by atoms with Gasteiger partial charge in [-0.15, -0.1) is 0 Å². The Balaban J connectivity index is 6.50. The molecule has 33 nitrogen and oxygen atoms in total. The molecule has 0 unspecified atom stereocenters. The summed E-state index contributed by atoms with van der Waals surface area (Å²) in [6, 6.07) is -15.3. The highest BCUT2D eigenvalue weighted by Crippen LogP contribution is 2.12. The Labute approximate surface area is 446 Å². The maximum Gasteiger partial charge on any atom is 0.326 e. The van der Waals surface area contributed by atoms with E-state index in [-0.39, 0.29) is 37.5 Å². The molecule has 0 bridgehead atoms. The highest BCUT2D eigenvalue weighted by Gasteiger charge is 2.37. The van der Waals surface area contributed by atoms with Gasteiger partial charge in [-0.1, -0.05) is 34.1 Å². The van der Waals surface area contributed by atoms with Crippen molar-refractivity contribution in [3.8, 4) is 0 Å². The van der Waals surface area contributed by atoms with E-state index in [1.54, 1.807) is 6.92 Å². The number of carbonyl (C=O) groups is 14. The molecule has 0 heterocycles. The number of guanidine groups is 1. The molecule has 10 amide bonds. The predicted molar refractivity (Wildman–Crippen MR) is 269 cm³/mol. The van der Waals surface area contributed by atoms with Crippen LogP contribution in [0.5, 0.6) is 0 Å². The number of aliphatic hydroxyl groups excluding tert-OH is 1. The van der Waals surface area contributed by atoms with Crippen LogP contribution in [0.15, 0.2) is 4.99 Å². The second-order valence-corrected chi connectivity index (χ2v) is 18.2. The second-order valence-electron chi connectivity index (χ2n) is 17.8. The van der Waals surface area contributed by atoms with Gasteiger partial charge < -0.3 is 96.3 Å². The molecule has 434 valence electrons. The standard InChI is InChI=1S/C43H72N14O19S/c1-6-18(4)32(55-27(60)15-49-39(72)33(19(5)58)57-38(71)24(13-29(63)64)52-34(67)20(44)16-77)41(74)51-22(9-10-26(45)59)36(69)56-31(17(2)3)40(73)53-23(12-28(61)62)37(70)50-21(8-7-11-48-43(46)47)35(68)54-25(42(75)76)14-30(65)66/h17-25,31-33,58,77H,6-16,44H2,1-5H3,(H2,45,59)(H,49,72)(H,50,70)(H,51,74)(H,52,67)(H,53,73)(H,54,68)(H,55,60)(H,56,69)(H,57,71)(H,61,62)(H,63,64)(H,65,66)(H,75,76)(H4,46,47,48)/t18-,19+,20-,21-,22-,23-,24-,25-,31-,32-,33-/m0/s1. The number of aliphatic hydroxyl groups is 1. The van der Waals surface area contributed by atoms with E-state index in [0.717, 1.165) is 6.92 Å². The minimum atomic E-state index is -1.99. The summed E-state index contributed by atoms with van der Waals surface area (Å²) in [5.41, 5.74) is 21.6. The first-order chi connectivity index (χ1) is 35.8. The first-order valence-electron chi connectivity index (χ1n) is 23.7. The zero-order valence-corrected chi connectivity index (χ0v) is 43.8. The molecule has 0 radical (unpaired) electrons. The van der Waals surface area contributed by atoms with Gasteiger partial charge in [0.15, 0.2) is 5.96 Å². The van der Waals surface area contributed by atoms with Crippen LogP contribution in [0.1, 0.15) is 86.0 Å². The number of nitrogens with two attached hydrogens (primary N) is 4. The Morgan fingerprint density at radius 3 is 1.43 bits per heavy atom. The molecular formula is C43H72N14O19S. The zero-order valence-electron chi connectivity index (χ0n) is 42.9. The van der Waals surface area contributed by atoms with Crippen molar-refractivity contribution in [1.29, 1.82) is 0 Å². The average molecular weight is 1120 g/mol. The molecule has 77 heavy (non-hydrogen) atoms. The van der Waals surface area contributed by atoms with Gasteiger partial charge in [0, 0.05) is 18.7 Å². The van der Waals surface area contributed by atoms with Gasteiger partial charge in [0.05, 0.1) is 38.0 Å². The Hall–Kier alpha value is -7.88. The number of nitrogens with zero attached hydrogens (tertiary/aromatic N) is 1. The molecule has 0 aromatic carbocycles. The van der Waals surface area contributed by atoms with Crippen LogP contribution in [0, 0.1) is 11.8 Å². The fraction of sp³-hybridized carbons (Fsp3) is 0.651. The third-order valence-electron chi connectivity index (χ3n) is 11.0. The fourth-order valence-corrected chi connectivity index (χ4v) is 6.72. The average Bonchev–Trinajstić information content (AvgIpc) is 3.32. The van der Waals surface area contributed by atoms with E-state index in [4.69, 9.17) is 28.0 Å². The molecule has 0 aromatic heterocycles. The van der Waals surface area contributed by atoms with E-state index in [9.17, 15) is 87.5 Å². The van der Waals surface area contributed by atoms with Gasteiger partial charge in [-0.25, -0.2) is 4.79 Å². The second kappa shape index (κ2) is 34.6. The van der Waals surface area contributed by atoms with Crippen molar-refractivity contribution in [2.45, 2.75) is 146 Å². The maximum atomic E-state index is 13.9. The zero-order chi connectivity index (χ0) is 59.4. The molecule has 0 saturated carbocycles. The lowest BCUT2D eigenvalue weighted by molar-refractivity contribution is -0.147. The number of primary amides is 1. The van der Waals surface area contributed by atoms with E-state index in [1.807, 2.05) is 5.32 Å². The highest BCUT2D eigenvalue weighted by atomic mass is 32.1. The molecule has 11 atom stereocenters. The SMILES string of the molecule is CC[C@H](C)[C@H](NC(=O)CNC(=O)[C@@H](NC(=O)[C@H](CC(=O)O)NC(=O)[C@@H](N)CS)[C@@H](C)O)C(=O)N[C@@H](CCC(N)=O)C(=O)N[C@H](C(=O)N[C@@H](CC(=O)O)C(=O)N[C@@H](CCCN=C(N)N)C(=O)N[C@@H](CC(=O)O)C(=O)O)C(C)C. The molecule has 0 aliphatic carbocycles. The van der Waals surface area contributed by atoms with Crippen LogP contribution in [-0.4, -0.2) is 194 Å². The lowest BCUT2D eigenvalue weighted by Crippen LogP contribution is -2.61. The van der Waals surface area contributed by atoms with Gasteiger partial charge in [-0.05, 0) is 38.0 Å². The van der Waals surface area contributed by atoms with E-state index < -0.39 is 194 Å². The smallest absolute Gasteiger partial charge is 0.326 e. The van der Waals surface area contributed by atoms with Crippen molar-refractivity contribution < 1.29 is 92.7 Å². The Morgan fingerprint density at radius 1 is 0.532 bits per heavy atom. The van der Waals surface area contributed by atoms with Gasteiger partial charge in [0.25, 0.3) is 0 Å². The third-order valence-corrected chi connectivity index (χ3v) is 11.4. The van der Waals surface area contributed by atoms with Crippen LogP contribution < -0.4 is 70.8 Å². The van der Waals surface area contributed by atoms with E-state index in [2.05, 4.69) is 60.2 Å². The minimum Gasteiger partial charge on any atom is -0.481 e. The van der Waals surface area contributed by atoms with Crippen LogP contribution in [-0.2, 0) is 67.1 Å². The molecule has 0 spiro atoms. The van der Waals surface area contributed by atoms with Gasteiger partial charge in [0.2, 0.25) is 59.1 Å². The Bertz CT molecular complexity index is 2180. The van der Waals surface area contributed by atoms with Crippen molar-refractivity contribution in [1.82, 2.24) is 47.9 Å². The Morgan fingerprint density at radius 2 is 0.961 bits per heavy atom. The van der Waals surface area contributed by atoms with Gasteiger partial charge in [0.1, 0.15) is 48.3 Å². The molecule has 0 fully saturated rings. The van der Waals surface area contributed by atoms with Crippen LogP contribution in [0.4, 0.5) is 0 Å². The van der Waals surface area contributed by atoms with Crippen LogP contribution in [0.3, 0.4) is 0 Å². The molecule has 0 aromatic rings. The predicted octanol–water partition coefficient (Wildman–Crippen LogP) is -7.85. The number of carboxylic acids is 4. The maximum absolute atomic E-state index is 13.9. The monoisotopic (exact) mass is 1120 g/mol. The van der Waals surface area contributed by atoms with E-state index in [1.165, 1.54) is 20.8 Å². The fourth-order valence-electron chi connectivity index (χ4n) is 6.55. The third kappa shape index (κ3) is 27.0. The summed E-state index contributed by atoms with van der Waals surface area (Å²) in [5, 5.41) is 67.7. The molecule has 0 saturated heterocycles. The summed E-state index contributed by atoms with van der Waals surface area (Å²) in [4.78, 5) is 182. The van der Waals surface area contributed by atoms with Gasteiger partial charge in [-0.2, -0.15) is 12.6 Å². The van der Waals surface area contributed by atoms with Crippen LogP contribution in [0.25, 0.3) is 0 Å². The molecular weight excluding hydrogens is 1050 g/mol. The normalized spacial score (nSPS) is 15.2. The van der Waals surface area contributed by atoms with Crippen molar-refractivity contribution in [2.24, 2.45) is 39.8 Å². The number of aliphatic carboxylic acids is 4. The van der Waals surface area contributed by atoms with E-state index in [0.29, 0.717) is 0 Å². The number of hydrogen-bond acceptors (Lipinski definition) is 18. The van der Waals surface area contributed by atoms with Crippen LogP contribution >= 0.6 is 12.6 Å². The van der Waals surface area contributed by atoms with Crippen molar-refractivity contribution in [3.05, 3.63) is 0 Å². The lowest BCUT2D eigenvalue weighted by Gasteiger charge is -2.29. The molecule has 34 heteroatoms. The number of hydrogen-bond donors (Lipinski definition) is 19. The summed E-state index contributed by atoms with van der Waals surface area (Å²) in [6.45, 7) is 6.05. The Kier molecular flexibility index (Phi) is 31.1. The first kappa shape index (κ1) is 69.1. The molecule has 0 aliphatic heterocycles. The van der Waals surface area contributed by atoms with Crippen molar-refractivity contribution in [2.75, 3.05) is 18.8 Å². The number of rotatable bonds is 37. The van der Waals surface area contributed by atoms with Crippen LogP contribution in [0.2, 0.25) is 0 Å². The summed E-state index contributed by atoms with van der Waals surface area (Å²) < 4.78 is 0. The largest absolute Gasteiger partial charge is 0.481 e. The molecule has 0 rings (SSSR count). The lowest BCUT2D eigenvalue weighted by atomic mass is 9.97. The minimum absolute atomic E-state index is 0.0482. The van der Waals surface area contributed by atoms with Gasteiger partial charge in [-0.3, -0.25) is 67.3 Å². The van der Waals surface area contributed by atoms with E-state index >= 15 is 0 Å². The first-order valence-corrected chi connectivity index (χ1v) is 24.4. The van der Waals surface area contributed by atoms with Gasteiger partial charge >= 0.3 is 23.9 Å². The summed E-state index contributed by atoms with van der Waals surface area (Å²) in [6.07, 6.45) is -6.00. The number of carboxylic acid groups (broad SMARTS) is 4. The number of amides is 10. The number of nitrogens with one attached hydrogen (secondary N) is 9. The summed E-state index contributed by atoms with van der Waals surface area (Å²) in [7, 11) is 0. The number of carbonyl (C=O) groups excluding carboxylic acids is 10. The van der Waals surface area contributed by atoms with Crippen molar-refractivity contribution >= 4 is 102 Å². The molecule has 22 N–H and O–H groups in total. The number of aliphatic imine (C=N–C) groups is 1. The summed E-state index contributed by atoms with van der Waals surface area (Å²) in [5.74, 6) is -19.8. The number of thiol groups is 1.